The Balaban J connectivity index is 1.53. The second kappa shape index (κ2) is 12.4. The van der Waals surface area contributed by atoms with Crippen LogP contribution in [0.5, 0.6) is 11.5 Å². The highest BCUT2D eigenvalue weighted by Gasteiger charge is 2.18. The van der Waals surface area contributed by atoms with Crippen molar-refractivity contribution < 1.29 is 40.2 Å². The van der Waals surface area contributed by atoms with Crippen LogP contribution in [0.2, 0.25) is 0 Å². The molecular weight excluding hydrogens is 525 g/mol. The summed E-state index contributed by atoms with van der Waals surface area (Å²) in [4.78, 5) is 0. The molecule has 9 heteroatoms. The summed E-state index contributed by atoms with van der Waals surface area (Å²) in [5.74, 6) is -5.85. The summed E-state index contributed by atoms with van der Waals surface area (Å²) in [5, 5.41) is 0.601. The lowest BCUT2D eigenvalue weighted by molar-refractivity contribution is -0.0546. The molecule has 39 heavy (non-hydrogen) atoms. The van der Waals surface area contributed by atoms with E-state index >= 15 is 4.39 Å². The van der Waals surface area contributed by atoms with E-state index < -0.39 is 41.4 Å². The number of fused-ring (bicyclic) bond motifs is 1. The smallest absolute Gasteiger partial charge is 0.387 e. The summed E-state index contributed by atoms with van der Waals surface area (Å²) in [6, 6.07) is 11.3. The zero-order chi connectivity index (χ0) is 28.1. The third-order valence-electron chi connectivity index (χ3n) is 6.30. The highest BCUT2D eigenvalue weighted by atomic mass is 19.3. The van der Waals surface area contributed by atoms with Gasteiger partial charge < -0.3 is 9.47 Å². The molecule has 0 spiro atoms. The van der Waals surface area contributed by atoms with Gasteiger partial charge in [-0.15, -0.1) is 0 Å². The molecule has 0 aliphatic carbocycles. The van der Waals surface area contributed by atoms with Crippen LogP contribution in [-0.2, 0) is 12.8 Å². The lowest BCUT2D eigenvalue weighted by Gasteiger charge is -2.12. The van der Waals surface area contributed by atoms with Crippen molar-refractivity contribution in [3.05, 3.63) is 94.8 Å². The molecule has 0 saturated carbocycles. The van der Waals surface area contributed by atoms with E-state index in [1.165, 1.54) is 24.3 Å². The summed E-state index contributed by atoms with van der Waals surface area (Å²) in [7, 11) is 0. The Hall–Kier alpha value is -3.75. The Kier molecular flexibility index (Phi) is 8.99. The SMILES string of the molecule is CCCCCOc1cc(F)c(-c2ccc3c(F)c(CCc4cc(F)c(OC(F)F)c(F)c4)ccc3c2)c(F)c1. The van der Waals surface area contributed by atoms with E-state index in [9.17, 15) is 26.3 Å². The molecule has 4 aromatic carbocycles. The zero-order valence-corrected chi connectivity index (χ0v) is 21.0. The number of hydrogen-bond acceptors (Lipinski definition) is 2. The van der Waals surface area contributed by atoms with Gasteiger partial charge in [0, 0.05) is 17.5 Å². The summed E-state index contributed by atoms with van der Waals surface area (Å²) in [5.41, 5.74) is 0.334. The van der Waals surface area contributed by atoms with Gasteiger partial charge in [-0.2, -0.15) is 8.78 Å². The van der Waals surface area contributed by atoms with Gasteiger partial charge in [0.1, 0.15) is 23.2 Å². The van der Waals surface area contributed by atoms with Gasteiger partial charge in [-0.05, 0) is 59.5 Å². The zero-order valence-electron chi connectivity index (χ0n) is 21.0. The van der Waals surface area contributed by atoms with Gasteiger partial charge in [-0.3, -0.25) is 0 Å². The number of unbranched alkanes of at least 4 members (excludes halogenated alkanes) is 2. The molecule has 0 fully saturated rings. The van der Waals surface area contributed by atoms with Crippen molar-refractivity contribution in [2.45, 2.75) is 45.6 Å². The molecule has 0 radical (unpaired) electrons. The molecule has 206 valence electrons. The van der Waals surface area contributed by atoms with Gasteiger partial charge in [0.25, 0.3) is 0 Å². The van der Waals surface area contributed by atoms with Crippen molar-refractivity contribution >= 4 is 10.8 Å². The Morgan fingerprint density at radius 3 is 2.08 bits per heavy atom. The van der Waals surface area contributed by atoms with E-state index in [0.29, 0.717) is 12.0 Å². The van der Waals surface area contributed by atoms with Crippen molar-refractivity contribution in [2.75, 3.05) is 6.61 Å². The molecule has 0 heterocycles. The molecule has 0 saturated heterocycles. The molecule has 4 rings (SSSR count). The molecule has 0 bridgehead atoms. The van der Waals surface area contributed by atoms with E-state index in [0.717, 1.165) is 43.5 Å². The maximum Gasteiger partial charge on any atom is 0.387 e. The van der Waals surface area contributed by atoms with Crippen LogP contribution in [0.4, 0.5) is 30.7 Å². The minimum absolute atomic E-state index is 0.0204. The van der Waals surface area contributed by atoms with E-state index in [1.807, 2.05) is 6.92 Å². The largest absolute Gasteiger partial charge is 0.493 e. The van der Waals surface area contributed by atoms with E-state index in [1.54, 1.807) is 6.07 Å². The van der Waals surface area contributed by atoms with Crippen LogP contribution >= 0.6 is 0 Å². The maximum atomic E-state index is 15.2. The van der Waals surface area contributed by atoms with E-state index in [-0.39, 0.29) is 46.2 Å². The number of halogens is 7. The predicted molar refractivity (Wildman–Crippen MR) is 135 cm³/mol. The van der Waals surface area contributed by atoms with Gasteiger partial charge in [0.15, 0.2) is 17.4 Å². The average molecular weight is 551 g/mol. The normalized spacial score (nSPS) is 11.4. The molecule has 4 aromatic rings. The molecule has 0 unspecified atom stereocenters. The quantitative estimate of drug-likeness (QED) is 0.137. The lowest BCUT2D eigenvalue weighted by atomic mass is 9.96. The topological polar surface area (TPSA) is 18.5 Å². The molecule has 2 nitrogen and oxygen atoms in total. The van der Waals surface area contributed by atoms with Gasteiger partial charge in [0.2, 0.25) is 0 Å². The van der Waals surface area contributed by atoms with E-state index in [4.69, 9.17) is 4.74 Å². The van der Waals surface area contributed by atoms with Gasteiger partial charge >= 0.3 is 6.61 Å². The number of benzene rings is 4. The number of aryl methyl sites for hydroxylation is 2. The van der Waals surface area contributed by atoms with E-state index in [2.05, 4.69) is 4.74 Å². The molecule has 0 atom stereocenters. The molecule has 0 N–H and O–H groups in total. The number of ether oxygens (including phenoxy) is 2. The summed E-state index contributed by atoms with van der Waals surface area (Å²) in [6.45, 7) is -0.993. The highest BCUT2D eigenvalue weighted by molar-refractivity contribution is 5.88. The second-order valence-electron chi connectivity index (χ2n) is 9.06. The van der Waals surface area contributed by atoms with Gasteiger partial charge in [-0.25, -0.2) is 22.0 Å². The lowest BCUT2D eigenvalue weighted by Crippen LogP contribution is -2.06. The van der Waals surface area contributed by atoms with Crippen LogP contribution in [0.1, 0.15) is 37.3 Å². The highest BCUT2D eigenvalue weighted by Crippen LogP contribution is 2.33. The average Bonchev–Trinajstić information content (AvgIpc) is 2.88. The summed E-state index contributed by atoms with van der Waals surface area (Å²) >= 11 is 0. The van der Waals surface area contributed by atoms with Crippen LogP contribution < -0.4 is 9.47 Å². The standard InChI is InChI=1S/C30H25F7O2/c1-2-3-4-11-38-21-15-23(31)27(24(32)16-21)20-9-10-22-19(14-20)8-7-18(28(22)35)6-5-17-12-25(33)29(26(34)13-17)39-30(36)37/h7-10,12-16,30H,2-6,11H2,1H3. The van der Waals surface area contributed by atoms with Crippen LogP contribution in [0.3, 0.4) is 0 Å². The predicted octanol–water partition coefficient (Wildman–Crippen LogP) is 9.16. The maximum absolute atomic E-state index is 15.2. The Bertz CT molecular complexity index is 1420. The second-order valence-corrected chi connectivity index (χ2v) is 9.06. The Labute approximate surface area is 221 Å². The minimum Gasteiger partial charge on any atom is -0.493 e. The fourth-order valence-corrected chi connectivity index (χ4v) is 4.37. The third kappa shape index (κ3) is 6.64. The monoisotopic (exact) mass is 550 g/mol. The van der Waals surface area contributed by atoms with Crippen LogP contribution in [-0.4, -0.2) is 13.2 Å². The van der Waals surface area contributed by atoms with Crippen LogP contribution in [0, 0.1) is 29.1 Å². The van der Waals surface area contributed by atoms with Crippen molar-refractivity contribution in [3.8, 4) is 22.6 Å². The van der Waals surface area contributed by atoms with Crippen LogP contribution in [0.25, 0.3) is 21.9 Å². The molecule has 0 aromatic heterocycles. The number of hydrogen-bond donors (Lipinski definition) is 0. The van der Waals surface area contributed by atoms with Crippen molar-refractivity contribution in [1.29, 1.82) is 0 Å². The van der Waals surface area contributed by atoms with Crippen molar-refractivity contribution in [2.24, 2.45) is 0 Å². The fourth-order valence-electron chi connectivity index (χ4n) is 4.37. The van der Waals surface area contributed by atoms with Gasteiger partial charge in [0.05, 0.1) is 12.2 Å². The molecular formula is C30H25F7O2. The first-order valence-corrected chi connectivity index (χ1v) is 12.4. The Morgan fingerprint density at radius 2 is 1.44 bits per heavy atom. The molecule has 0 aliphatic heterocycles. The first-order chi connectivity index (χ1) is 18.7. The summed E-state index contributed by atoms with van der Waals surface area (Å²) < 4.78 is 107. The molecule has 0 amide bonds. The third-order valence-corrected chi connectivity index (χ3v) is 6.30. The van der Waals surface area contributed by atoms with Crippen LogP contribution in [0.15, 0.2) is 54.6 Å². The number of alkyl halides is 2. The minimum atomic E-state index is -3.38. The fraction of sp³-hybridized carbons (Fsp3) is 0.267. The first-order valence-electron chi connectivity index (χ1n) is 12.4. The van der Waals surface area contributed by atoms with Crippen molar-refractivity contribution in [1.82, 2.24) is 0 Å². The number of rotatable bonds is 11. The molecule has 0 aliphatic rings. The first kappa shape index (κ1) is 28.3. The Morgan fingerprint density at radius 1 is 0.744 bits per heavy atom. The summed E-state index contributed by atoms with van der Waals surface area (Å²) in [6.07, 6.45) is 2.79. The van der Waals surface area contributed by atoms with Crippen molar-refractivity contribution in [3.63, 3.8) is 0 Å². The van der Waals surface area contributed by atoms with Gasteiger partial charge in [-0.1, -0.05) is 44.0 Å².